The smallest absolute Gasteiger partial charge is 0.337 e. The molecular weight excluding hydrogens is 314 g/mol. The number of aromatic hydroxyl groups is 1. The molecule has 0 unspecified atom stereocenters. The van der Waals surface area contributed by atoms with Crippen molar-refractivity contribution in [3.8, 4) is 5.75 Å². The standard InChI is InChI=1S/C17H17NO6/c1-11(19)24-10-14-7-15(20)8-16(21)18(14)9-12-3-5-13(6-4-12)17(22)23-2/h3-8,20H,9-10H2,1-2H3. The maximum atomic E-state index is 12.1. The quantitative estimate of drug-likeness (QED) is 0.833. The third kappa shape index (κ3) is 4.22. The summed E-state index contributed by atoms with van der Waals surface area (Å²) in [5.74, 6) is -1.13. The molecule has 2 rings (SSSR count). The summed E-state index contributed by atoms with van der Waals surface area (Å²) in [6.45, 7) is 1.34. The van der Waals surface area contributed by atoms with Crippen molar-refractivity contribution in [3.05, 3.63) is 63.6 Å². The predicted octanol–water partition coefficient (Wildman–Crippen LogP) is 1.45. The van der Waals surface area contributed by atoms with Crippen LogP contribution in [0.15, 0.2) is 41.2 Å². The fourth-order valence-electron chi connectivity index (χ4n) is 2.16. The number of hydrogen-bond acceptors (Lipinski definition) is 6. The SMILES string of the molecule is COC(=O)c1ccc(Cn2c(COC(C)=O)cc(O)cc2=O)cc1. The monoisotopic (exact) mass is 331 g/mol. The first-order chi connectivity index (χ1) is 11.4. The molecule has 1 heterocycles. The van der Waals surface area contributed by atoms with Crippen molar-refractivity contribution in [1.29, 1.82) is 0 Å². The highest BCUT2D eigenvalue weighted by atomic mass is 16.5. The zero-order valence-electron chi connectivity index (χ0n) is 13.3. The largest absolute Gasteiger partial charge is 0.508 e. The molecule has 7 heteroatoms. The fourth-order valence-corrected chi connectivity index (χ4v) is 2.16. The third-order valence-electron chi connectivity index (χ3n) is 3.34. The number of rotatable bonds is 5. The zero-order chi connectivity index (χ0) is 17.7. The minimum atomic E-state index is -0.486. The lowest BCUT2D eigenvalue weighted by molar-refractivity contribution is -0.142. The molecule has 0 spiro atoms. The molecule has 0 aliphatic carbocycles. The van der Waals surface area contributed by atoms with Crippen molar-refractivity contribution in [2.45, 2.75) is 20.1 Å². The van der Waals surface area contributed by atoms with Gasteiger partial charge in [-0.1, -0.05) is 12.1 Å². The van der Waals surface area contributed by atoms with Gasteiger partial charge in [0.05, 0.1) is 24.9 Å². The Morgan fingerprint density at radius 3 is 2.42 bits per heavy atom. The number of hydrogen-bond donors (Lipinski definition) is 1. The molecule has 0 amide bonds. The van der Waals surface area contributed by atoms with E-state index in [0.29, 0.717) is 11.3 Å². The molecule has 0 saturated carbocycles. The van der Waals surface area contributed by atoms with E-state index in [2.05, 4.69) is 4.74 Å². The molecule has 2 aromatic rings. The summed E-state index contributed by atoms with van der Waals surface area (Å²) in [4.78, 5) is 34.5. The number of ether oxygens (including phenoxy) is 2. The molecule has 1 aromatic heterocycles. The lowest BCUT2D eigenvalue weighted by Crippen LogP contribution is -2.24. The van der Waals surface area contributed by atoms with Crippen molar-refractivity contribution in [2.24, 2.45) is 0 Å². The topological polar surface area (TPSA) is 94.8 Å². The van der Waals surface area contributed by atoms with Gasteiger partial charge in [0.1, 0.15) is 12.4 Å². The van der Waals surface area contributed by atoms with Crippen LogP contribution >= 0.6 is 0 Å². The molecule has 1 aromatic carbocycles. The summed E-state index contributed by atoms with van der Waals surface area (Å²) in [6, 6.07) is 9.03. The Morgan fingerprint density at radius 1 is 1.17 bits per heavy atom. The van der Waals surface area contributed by atoms with Crippen LogP contribution < -0.4 is 5.56 Å². The lowest BCUT2D eigenvalue weighted by atomic mass is 10.1. The normalized spacial score (nSPS) is 10.2. The summed E-state index contributed by atoms with van der Waals surface area (Å²) in [7, 11) is 1.30. The Morgan fingerprint density at radius 2 is 1.83 bits per heavy atom. The highest BCUT2D eigenvalue weighted by Crippen LogP contribution is 2.13. The van der Waals surface area contributed by atoms with Gasteiger partial charge < -0.3 is 19.1 Å². The number of benzene rings is 1. The number of pyridine rings is 1. The maximum absolute atomic E-state index is 12.1. The van der Waals surface area contributed by atoms with E-state index in [1.54, 1.807) is 24.3 Å². The van der Waals surface area contributed by atoms with Crippen molar-refractivity contribution in [2.75, 3.05) is 7.11 Å². The van der Waals surface area contributed by atoms with Gasteiger partial charge in [-0.3, -0.25) is 9.59 Å². The first kappa shape index (κ1) is 17.3. The van der Waals surface area contributed by atoms with Gasteiger partial charge in [-0.2, -0.15) is 0 Å². The minimum absolute atomic E-state index is 0.126. The molecule has 0 radical (unpaired) electrons. The Bertz CT molecular complexity index is 807. The van der Waals surface area contributed by atoms with Gasteiger partial charge in [0.15, 0.2) is 0 Å². The molecule has 0 aliphatic rings. The van der Waals surface area contributed by atoms with Crippen LogP contribution in [-0.4, -0.2) is 28.7 Å². The summed E-state index contributed by atoms with van der Waals surface area (Å²) < 4.78 is 10.9. The summed E-state index contributed by atoms with van der Waals surface area (Å²) in [5.41, 5.74) is 1.11. The Hall–Kier alpha value is -3.09. The van der Waals surface area contributed by atoms with Gasteiger partial charge in [-0.05, 0) is 17.7 Å². The van der Waals surface area contributed by atoms with E-state index in [-0.39, 0.29) is 18.9 Å². The summed E-state index contributed by atoms with van der Waals surface area (Å²) in [5, 5.41) is 9.57. The van der Waals surface area contributed by atoms with E-state index in [1.807, 2.05) is 0 Å². The van der Waals surface area contributed by atoms with Crippen LogP contribution in [0.1, 0.15) is 28.5 Å². The molecular formula is C17H17NO6. The number of aromatic nitrogens is 1. The van der Waals surface area contributed by atoms with E-state index in [4.69, 9.17) is 4.74 Å². The first-order valence-electron chi connectivity index (χ1n) is 7.14. The second-order valence-electron chi connectivity index (χ2n) is 5.10. The maximum Gasteiger partial charge on any atom is 0.337 e. The molecule has 1 N–H and O–H groups in total. The highest BCUT2D eigenvalue weighted by molar-refractivity contribution is 5.89. The molecule has 7 nitrogen and oxygen atoms in total. The van der Waals surface area contributed by atoms with Crippen LogP contribution in [0.3, 0.4) is 0 Å². The third-order valence-corrected chi connectivity index (χ3v) is 3.34. The predicted molar refractivity (Wildman–Crippen MR) is 84.7 cm³/mol. The second kappa shape index (κ2) is 7.45. The van der Waals surface area contributed by atoms with Crippen LogP contribution in [0, 0.1) is 0 Å². The van der Waals surface area contributed by atoms with Crippen LogP contribution in [0.5, 0.6) is 5.75 Å². The zero-order valence-corrected chi connectivity index (χ0v) is 13.3. The fraction of sp³-hybridized carbons (Fsp3) is 0.235. The Labute approximate surface area is 138 Å². The van der Waals surface area contributed by atoms with Crippen LogP contribution in [-0.2, 0) is 27.4 Å². The van der Waals surface area contributed by atoms with Crippen LogP contribution in [0.4, 0.5) is 0 Å². The average molecular weight is 331 g/mol. The van der Waals surface area contributed by atoms with Crippen molar-refractivity contribution in [3.63, 3.8) is 0 Å². The van der Waals surface area contributed by atoms with Crippen molar-refractivity contribution < 1.29 is 24.2 Å². The molecule has 0 atom stereocenters. The van der Waals surface area contributed by atoms with Gasteiger partial charge in [-0.15, -0.1) is 0 Å². The first-order valence-corrected chi connectivity index (χ1v) is 7.14. The number of methoxy groups -OCH3 is 1. The molecule has 0 bridgehead atoms. The van der Waals surface area contributed by atoms with E-state index in [9.17, 15) is 19.5 Å². The lowest BCUT2D eigenvalue weighted by Gasteiger charge is -2.13. The van der Waals surface area contributed by atoms with Gasteiger partial charge in [0.2, 0.25) is 0 Å². The minimum Gasteiger partial charge on any atom is -0.508 e. The van der Waals surface area contributed by atoms with E-state index in [0.717, 1.165) is 11.6 Å². The number of carbonyl (C=O) groups excluding carboxylic acids is 2. The van der Waals surface area contributed by atoms with Crippen LogP contribution in [0.2, 0.25) is 0 Å². The van der Waals surface area contributed by atoms with Crippen LogP contribution in [0.25, 0.3) is 0 Å². The number of esters is 2. The highest BCUT2D eigenvalue weighted by Gasteiger charge is 2.10. The Kier molecular flexibility index (Phi) is 5.36. The van der Waals surface area contributed by atoms with Gasteiger partial charge in [-0.25, -0.2) is 4.79 Å². The molecule has 0 aliphatic heterocycles. The molecule has 24 heavy (non-hydrogen) atoms. The Balaban J connectivity index is 2.29. The van der Waals surface area contributed by atoms with E-state index < -0.39 is 17.5 Å². The average Bonchev–Trinajstić information content (AvgIpc) is 2.55. The van der Waals surface area contributed by atoms with Gasteiger partial charge >= 0.3 is 11.9 Å². The van der Waals surface area contributed by atoms with Crippen molar-refractivity contribution >= 4 is 11.9 Å². The molecule has 0 saturated heterocycles. The summed E-state index contributed by atoms with van der Waals surface area (Å²) >= 11 is 0. The number of nitrogens with zero attached hydrogens (tertiary/aromatic N) is 1. The number of carbonyl (C=O) groups is 2. The molecule has 126 valence electrons. The van der Waals surface area contributed by atoms with E-state index in [1.165, 1.54) is 24.7 Å². The molecule has 0 fully saturated rings. The second-order valence-corrected chi connectivity index (χ2v) is 5.10. The van der Waals surface area contributed by atoms with Gasteiger partial charge in [0.25, 0.3) is 5.56 Å². The van der Waals surface area contributed by atoms with E-state index >= 15 is 0 Å². The summed E-state index contributed by atoms with van der Waals surface area (Å²) in [6.07, 6.45) is 0. The van der Waals surface area contributed by atoms with Gasteiger partial charge in [0, 0.05) is 19.1 Å². The van der Waals surface area contributed by atoms with Crippen molar-refractivity contribution in [1.82, 2.24) is 4.57 Å².